The number of aromatic amines is 2. The summed E-state index contributed by atoms with van der Waals surface area (Å²) in [6.07, 6.45) is 4.11. The Labute approximate surface area is 228 Å². The fourth-order valence-corrected chi connectivity index (χ4v) is 3.51. The van der Waals surface area contributed by atoms with E-state index < -0.39 is 14.8 Å². The number of carbonyl (C=O) groups is 1. The molecule has 0 aliphatic rings. The van der Waals surface area contributed by atoms with E-state index in [2.05, 4.69) is 19.9 Å². The fraction of sp³-hybridized carbons (Fsp3) is 0.0357. The van der Waals surface area contributed by atoms with Crippen LogP contribution in [0, 0.1) is 0 Å². The van der Waals surface area contributed by atoms with Crippen LogP contribution in [0.4, 0.5) is 0 Å². The molecule has 0 saturated carbocycles. The standard InChI is InChI=1S/C14H12N2O2.C14H10N2O2.Mn.2O/c2*17-8-10-1-3-11(4-2-10)18-12-5-6-13-14(7-12)16-9-15-13;;;/h1-7,9,17H,8H2,(H,15,16);1-9H,(H,15,16);;;. The molecule has 0 unspecified atom stereocenters. The van der Waals surface area contributed by atoms with Crippen molar-refractivity contribution in [3.63, 3.8) is 0 Å². The molecule has 0 saturated heterocycles. The van der Waals surface area contributed by atoms with Crippen LogP contribution in [-0.2, 0) is 29.1 Å². The molecular formula is C28H22MnN4O6. The number of nitrogens with zero attached hydrogens (tertiary/aromatic N) is 2. The number of hydrogen-bond acceptors (Lipinski definition) is 8. The molecule has 0 bridgehead atoms. The Hall–Kier alpha value is -4.83. The van der Waals surface area contributed by atoms with Gasteiger partial charge in [0.15, 0.2) is 0 Å². The van der Waals surface area contributed by atoms with Crippen molar-refractivity contribution >= 4 is 28.4 Å². The van der Waals surface area contributed by atoms with Crippen molar-refractivity contribution in [2.45, 2.75) is 6.61 Å². The van der Waals surface area contributed by atoms with Crippen molar-refractivity contribution in [3.8, 4) is 23.0 Å². The number of nitrogens with one attached hydrogen (secondary N) is 2. The quantitative estimate of drug-likeness (QED) is 0.170. The second kappa shape index (κ2) is 13.6. The molecule has 197 valence electrons. The number of imidazole rings is 2. The molecule has 4 aromatic carbocycles. The van der Waals surface area contributed by atoms with Crippen LogP contribution in [0.3, 0.4) is 0 Å². The second-order valence-electron chi connectivity index (χ2n) is 7.92. The number of rotatable bonds is 6. The van der Waals surface area contributed by atoms with Gasteiger partial charge in [-0.15, -0.1) is 0 Å². The van der Waals surface area contributed by atoms with E-state index in [1.165, 1.54) is 0 Å². The summed E-state index contributed by atoms with van der Waals surface area (Å²) in [6.45, 7) is 0.0420. The summed E-state index contributed by atoms with van der Waals surface area (Å²) in [4.78, 5) is 24.9. The molecule has 2 heterocycles. The van der Waals surface area contributed by atoms with Crippen molar-refractivity contribution in [1.82, 2.24) is 19.9 Å². The molecule has 0 radical (unpaired) electrons. The zero-order valence-corrected chi connectivity index (χ0v) is 21.5. The number of benzene rings is 4. The molecule has 0 aliphatic heterocycles. The van der Waals surface area contributed by atoms with Crippen molar-refractivity contribution in [2.24, 2.45) is 0 Å². The number of hydrogen-bond donors (Lipinski definition) is 3. The zero-order chi connectivity index (χ0) is 27.5. The third-order valence-corrected chi connectivity index (χ3v) is 5.38. The van der Waals surface area contributed by atoms with Crippen molar-refractivity contribution < 1.29 is 41.9 Å². The van der Waals surface area contributed by atoms with E-state index in [9.17, 15) is 4.79 Å². The Morgan fingerprint density at radius 3 is 1.56 bits per heavy atom. The third-order valence-electron chi connectivity index (χ3n) is 5.38. The van der Waals surface area contributed by atoms with Crippen molar-refractivity contribution in [3.05, 3.63) is 109 Å². The van der Waals surface area contributed by atoms with E-state index in [0.29, 0.717) is 11.3 Å². The van der Waals surface area contributed by atoms with Crippen LogP contribution in [0.1, 0.15) is 15.9 Å². The van der Waals surface area contributed by atoms with Crippen LogP contribution in [0.25, 0.3) is 22.1 Å². The molecule has 0 fully saturated rings. The van der Waals surface area contributed by atoms with Crippen LogP contribution >= 0.6 is 0 Å². The summed E-state index contributed by atoms with van der Waals surface area (Å²) in [7, 11) is 0. The maximum absolute atomic E-state index is 10.5. The minimum atomic E-state index is -1.44. The topological polar surface area (TPSA) is 147 Å². The van der Waals surface area contributed by atoms with Gasteiger partial charge in [0.2, 0.25) is 0 Å². The first-order valence-corrected chi connectivity index (χ1v) is 12.4. The summed E-state index contributed by atoms with van der Waals surface area (Å²) < 4.78 is 28.2. The molecule has 6 aromatic rings. The number of H-pyrrole nitrogens is 2. The predicted molar refractivity (Wildman–Crippen MR) is 138 cm³/mol. The summed E-state index contributed by atoms with van der Waals surface area (Å²) in [5.74, 6) is 2.92. The van der Waals surface area contributed by atoms with E-state index in [1.54, 1.807) is 36.9 Å². The number of aliphatic hydroxyl groups excluding tert-OH is 1. The van der Waals surface area contributed by atoms with Gasteiger partial charge in [-0.3, -0.25) is 4.79 Å². The number of carbonyl (C=O) groups excluding carboxylic acids is 1. The van der Waals surface area contributed by atoms with E-state index in [1.807, 2.05) is 60.7 Å². The van der Waals surface area contributed by atoms with Crippen LogP contribution in [0.5, 0.6) is 23.0 Å². The van der Waals surface area contributed by atoms with Gasteiger partial charge < -0.3 is 24.5 Å². The van der Waals surface area contributed by atoms with Crippen LogP contribution in [0.15, 0.2) is 97.6 Å². The number of fused-ring (bicyclic) bond motifs is 2. The first-order chi connectivity index (χ1) is 19.1. The fourth-order valence-electron chi connectivity index (χ4n) is 3.51. The molecule has 6 rings (SSSR count). The van der Waals surface area contributed by atoms with Gasteiger partial charge in [-0.1, -0.05) is 12.1 Å². The molecule has 0 atom stereocenters. The second-order valence-corrected chi connectivity index (χ2v) is 8.12. The van der Waals surface area contributed by atoms with Crippen LogP contribution in [-0.4, -0.2) is 31.3 Å². The third kappa shape index (κ3) is 7.59. The monoisotopic (exact) mass is 565 g/mol. The van der Waals surface area contributed by atoms with E-state index in [0.717, 1.165) is 51.2 Å². The summed E-state index contributed by atoms with van der Waals surface area (Å²) in [5, 5.41) is 8.96. The van der Waals surface area contributed by atoms with Gasteiger partial charge in [0, 0.05) is 17.7 Å². The maximum atomic E-state index is 10.5. The van der Waals surface area contributed by atoms with Gasteiger partial charge in [0.05, 0.1) is 41.3 Å². The van der Waals surface area contributed by atoms with Crippen molar-refractivity contribution in [2.75, 3.05) is 0 Å². The normalized spacial score (nSPS) is 10.1. The molecule has 10 nitrogen and oxygen atoms in total. The predicted octanol–water partition coefficient (Wildman–Crippen LogP) is 5.78. The number of aliphatic hydroxyl groups is 1. The van der Waals surface area contributed by atoms with Crippen LogP contribution < -0.4 is 9.47 Å². The molecule has 39 heavy (non-hydrogen) atoms. The average Bonchev–Trinajstić information content (AvgIpc) is 3.64. The SMILES string of the molecule is O=Cc1ccc(Oc2ccc3nc[nH]c3c2)cc1.OCc1ccc(Oc2ccc3nc[nH]c3c2)cc1.[O]=[Mn]=[O]. The number of ether oxygens (including phenoxy) is 2. The van der Waals surface area contributed by atoms with Gasteiger partial charge in [0.25, 0.3) is 0 Å². The van der Waals surface area contributed by atoms with Gasteiger partial charge in [-0.05, 0) is 66.2 Å². The van der Waals surface area contributed by atoms with Crippen LogP contribution in [0.2, 0.25) is 0 Å². The zero-order valence-electron chi connectivity index (χ0n) is 20.3. The Bertz CT molecular complexity index is 1690. The Morgan fingerprint density at radius 1 is 0.692 bits per heavy atom. The van der Waals surface area contributed by atoms with Gasteiger partial charge >= 0.3 is 22.5 Å². The van der Waals surface area contributed by atoms with Crippen molar-refractivity contribution in [1.29, 1.82) is 0 Å². The molecule has 2 aromatic heterocycles. The molecule has 11 heteroatoms. The summed E-state index contributed by atoms with van der Waals surface area (Å²) >= 11 is -1.44. The van der Waals surface area contributed by atoms with E-state index in [-0.39, 0.29) is 6.61 Å². The average molecular weight is 565 g/mol. The minimum absolute atomic E-state index is 0.0420. The molecule has 3 N–H and O–H groups in total. The summed E-state index contributed by atoms with van der Waals surface area (Å²) in [5.41, 5.74) is 5.19. The van der Waals surface area contributed by atoms with E-state index >= 15 is 0 Å². The Morgan fingerprint density at radius 2 is 1.13 bits per heavy atom. The Kier molecular flexibility index (Phi) is 9.52. The van der Waals surface area contributed by atoms with Gasteiger partial charge in [-0.2, -0.15) is 0 Å². The first-order valence-electron chi connectivity index (χ1n) is 11.5. The Balaban J connectivity index is 0.000000165. The van der Waals surface area contributed by atoms with Gasteiger partial charge in [0.1, 0.15) is 29.3 Å². The molecule has 0 spiro atoms. The first kappa shape index (κ1) is 27.2. The van der Waals surface area contributed by atoms with E-state index in [4.69, 9.17) is 22.2 Å². The summed E-state index contributed by atoms with van der Waals surface area (Å²) in [6, 6.07) is 25.6. The molecular weight excluding hydrogens is 543 g/mol. The van der Waals surface area contributed by atoms with Gasteiger partial charge in [-0.25, -0.2) is 9.97 Å². The molecule has 0 amide bonds. The number of aldehydes is 1. The number of aromatic nitrogens is 4. The molecule has 0 aliphatic carbocycles.